The van der Waals surface area contributed by atoms with Gasteiger partial charge in [-0.25, -0.2) is 0 Å². The van der Waals surface area contributed by atoms with Crippen LogP contribution in [0.2, 0.25) is 0 Å². The Morgan fingerprint density at radius 1 is 1.40 bits per heavy atom. The Hall–Kier alpha value is -1.95. The Balaban J connectivity index is 2.01. The van der Waals surface area contributed by atoms with Crippen LogP contribution < -0.4 is 5.32 Å². The average Bonchev–Trinajstić information content (AvgIpc) is 2.95. The van der Waals surface area contributed by atoms with E-state index in [2.05, 4.69) is 15.5 Å². The number of piperidine rings is 1. The van der Waals surface area contributed by atoms with E-state index in [4.69, 9.17) is 0 Å². The third kappa shape index (κ3) is 1.96. The van der Waals surface area contributed by atoms with Gasteiger partial charge in [0.2, 0.25) is 0 Å². The third-order valence-electron chi connectivity index (χ3n) is 4.06. The number of amides is 2. The van der Waals surface area contributed by atoms with Crippen LogP contribution in [0, 0.1) is 6.92 Å². The first-order valence-electron chi connectivity index (χ1n) is 6.89. The number of nitrogens with one attached hydrogen (secondary N) is 2. The van der Waals surface area contributed by atoms with Crippen LogP contribution in [-0.4, -0.2) is 47.0 Å². The second-order valence-corrected chi connectivity index (χ2v) is 5.41. The van der Waals surface area contributed by atoms with Crippen LogP contribution >= 0.6 is 0 Å². The summed E-state index contributed by atoms with van der Waals surface area (Å²) in [5, 5.41) is 10.7. The number of imide groups is 1. The molecule has 20 heavy (non-hydrogen) atoms. The van der Waals surface area contributed by atoms with E-state index >= 15 is 0 Å². The lowest BCUT2D eigenvalue weighted by atomic mass is 9.90. The first-order valence-corrected chi connectivity index (χ1v) is 6.89. The van der Waals surface area contributed by atoms with Crippen molar-refractivity contribution in [2.75, 3.05) is 20.1 Å². The van der Waals surface area contributed by atoms with Crippen LogP contribution in [0.15, 0.2) is 6.08 Å². The van der Waals surface area contributed by atoms with E-state index < -0.39 is 0 Å². The predicted molar refractivity (Wildman–Crippen MR) is 73.9 cm³/mol. The van der Waals surface area contributed by atoms with E-state index in [-0.39, 0.29) is 11.8 Å². The zero-order valence-corrected chi connectivity index (χ0v) is 11.7. The molecule has 0 aromatic carbocycles. The molecule has 1 unspecified atom stereocenters. The molecule has 106 valence electrons. The highest BCUT2D eigenvalue weighted by atomic mass is 16.2. The molecule has 2 aliphatic rings. The van der Waals surface area contributed by atoms with Crippen molar-refractivity contribution in [1.29, 1.82) is 0 Å². The van der Waals surface area contributed by atoms with Crippen LogP contribution in [-0.2, 0) is 9.59 Å². The standard InChI is InChI=1S/C14H18N4O2/c1-8-12(10-6-11(19)18(2)14(10)20)13(17-16-8)9-4-3-5-15-7-9/h6,9,15H,3-5,7H2,1-2H3,(H,16,17). The first kappa shape index (κ1) is 13.1. The molecule has 0 bridgehead atoms. The Morgan fingerprint density at radius 2 is 2.20 bits per heavy atom. The van der Waals surface area contributed by atoms with E-state index in [1.165, 1.54) is 13.1 Å². The van der Waals surface area contributed by atoms with Gasteiger partial charge in [-0.2, -0.15) is 5.10 Å². The third-order valence-corrected chi connectivity index (χ3v) is 4.06. The highest BCUT2D eigenvalue weighted by Crippen LogP contribution is 2.33. The van der Waals surface area contributed by atoms with Crippen molar-refractivity contribution in [3.05, 3.63) is 23.0 Å². The minimum Gasteiger partial charge on any atom is -0.316 e. The lowest BCUT2D eigenvalue weighted by molar-refractivity contribution is -0.134. The minimum absolute atomic E-state index is 0.246. The molecule has 6 nitrogen and oxygen atoms in total. The molecule has 1 aromatic heterocycles. The van der Waals surface area contributed by atoms with Crippen molar-refractivity contribution < 1.29 is 9.59 Å². The quantitative estimate of drug-likeness (QED) is 0.773. The van der Waals surface area contributed by atoms with Gasteiger partial charge in [0.1, 0.15) is 0 Å². The summed E-state index contributed by atoms with van der Waals surface area (Å²) in [6, 6.07) is 0. The number of hydrogen-bond donors (Lipinski definition) is 2. The molecule has 2 aliphatic heterocycles. The van der Waals surface area contributed by atoms with Gasteiger partial charge in [-0.15, -0.1) is 0 Å². The lowest BCUT2D eigenvalue weighted by Crippen LogP contribution is -2.29. The molecule has 0 aliphatic carbocycles. The normalized spacial score (nSPS) is 23.4. The van der Waals surface area contributed by atoms with Crippen molar-refractivity contribution in [2.24, 2.45) is 0 Å². The number of aromatic nitrogens is 2. The highest BCUT2D eigenvalue weighted by Gasteiger charge is 2.33. The van der Waals surface area contributed by atoms with Gasteiger partial charge in [-0.05, 0) is 26.3 Å². The average molecular weight is 274 g/mol. The smallest absolute Gasteiger partial charge is 0.261 e. The summed E-state index contributed by atoms with van der Waals surface area (Å²) < 4.78 is 0. The molecule has 0 spiro atoms. The number of hydrogen-bond acceptors (Lipinski definition) is 4. The number of aromatic amines is 1. The van der Waals surface area contributed by atoms with E-state index in [1.54, 1.807) is 0 Å². The number of carbonyl (C=O) groups is 2. The minimum atomic E-state index is -0.265. The zero-order chi connectivity index (χ0) is 14.3. The summed E-state index contributed by atoms with van der Waals surface area (Å²) in [6.07, 6.45) is 3.57. The fraction of sp³-hybridized carbons (Fsp3) is 0.500. The van der Waals surface area contributed by atoms with Gasteiger partial charge >= 0.3 is 0 Å². The van der Waals surface area contributed by atoms with E-state index in [1.807, 2.05) is 6.92 Å². The van der Waals surface area contributed by atoms with E-state index in [9.17, 15) is 9.59 Å². The van der Waals surface area contributed by atoms with Gasteiger partial charge in [0, 0.05) is 36.8 Å². The van der Waals surface area contributed by atoms with Crippen molar-refractivity contribution in [1.82, 2.24) is 20.4 Å². The molecular formula is C14H18N4O2. The van der Waals surface area contributed by atoms with Crippen LogP contribution in [0.3, 0.4) is 0 Å². The SMILES string of the molecule is Cc1[nH]nc(C2CCCNC2)c1C1=CC(=O)N(C)C1=O. The largest absolute Gasteiger partial charge is 0.316 e. The van der Waals surface area contributed by atoms with Crippen molar-refractivity contribution >= 4 is 17.4 Å². The first-order chi connectivity index (χ1) is 9.59. The maximum absolute atomic E-state index is 12.2. The molecule has 1 saturated heterocycles. The Bertz CT molecular complexity index is 596. The topological polar surface area (TPSA) is 78.1 Å². The lowest BCUT2D eigenvalue weighted by Gasteiger charge is -2.22. The predicted octanol–water partition coefficient (Wildman–Crippen LogP) is 0.567. The maximum atomic E-state index is 12.2. The number of carbonyl (C=O) groups excluding carboxylic acids is 2. The van der Waals surface area contributed by atoms with Crippen molar-refractivity contribution in [3.8, 4) is 0 Å². The Morgan fingerprint density at radius 3 is 2.80 bits per heavy atom. The molecule has 6 heteroatoms. The van der Waals surface area contributed by atoms with Gasteiger partial charge in [0.25, 0.3) is 11.8 Å². The molecule has 2 N–H and O–H groups in total. The monoisotopic (exact) mass is 274 g/mol. The Kier molecular flexibility index (Phi) is 3.17. The summed E-state index contributed by atoms with van der Waals surface area (Å²) in [5.41, 5.74) is 3.01. The van der Waals surface area contributed by atoms with E-state index in [0.29, 0.717) is 11.5 Å². The fourth-order valence-electron chi connectivity index (χ4n) is 2.91. The molecule has 1 atom stereocenters. The number of rotatable bonds is 2. The summed E-state index contributed by atoms with van der Waals surface area (Å²) in [5.74, 6) is -0.221. The van der Waals surface area contributed by atoms with Crippen LogP contribution in [0.25, 0.3) is 5.57 Å². The second kappa shape index (κ2) is 4.86. The van der Waals surface area contributed by atoms with Crippen LogP contribution in [0.1, 0.15) is 35.7 Å². The van der Waals surface area contributed by atoms with Crippen LogP contribution in [0.5, 0.6) is 0 Å². The van der Waals surface area contributed by atoms with Crippen molar-refractivity contribution in [2.45, 2.75) is 25.7 Å². The summed E-state index contributed by atoms with van der Waals surface area (Å²) in [4.78, 5) is 25.0. The van der Waals surface area contributed by atoms with Crippen LogP contribution in [0.4, 0.5) is 0 Å². The molecule has 1 fully saturated rings. The van der Waals surface area contributed by atoms with Crippen molar-refractivity contribution in [3.63, 3.8) is 0 Å². The molecule has 0 radical (unpaired) electrons. The van der Waals surface area contributed by atoms with Gasteiger partial charge in [0.15, 0.2) is 0 Å². The van der Waals surface area contributed by atoms with Gasteiger partial charge < -0.3 is 5.32 Å². The van der Waals surface area contributed by atoms with Gasteiger partial charge in [0.05, 0.1) is 11.3 Å². The molecular weight excluding hydrogens is 256 g/mol. The summed E-state index contributed by atoms with van der Waals surface area (Å²) in [7, 11) is 1.51. The number of nitrogens with zero attached hydrogens (tertiary/aromatic N) is 2. The maximum Gasteiger partial charge on any atom is 0.261 e. The molecule has 3 rings (SSSR count). The number of H-pyrrole nitrogens is 1. The summed E-state index contributed by atoms with van der Waals surface area (Å²) >= 11 is 0. The number of aryl methyl sites for hydroxylation is 1. The fourth-order valence-corrected chi connectivity index (χ4v) is 2.91. The molecule has 0 saturated carbocycles. The highest BCUT2D eigenvalue weighted by molar-refractivity contribution is 6.33. The Labute approximate surface area is 117 Å². The molecule has 1 aromatic rings. The number of likely N-dealkylation sites (N-methyl/N-ethyl adjacent to an activating group) is 1. The summed E-state index contributed by atoms with van der Waals surface area (Å²) in [6.45, 7) is 3.78. The van der Waals surface area contributed by atoms with E-state index in [0.717, 1.165) is 47.8 Å². The molecule has 2 amide bonds. The van der Waals surface area contributed by atoms with Gasteiger partial charge in [-0.3, -0.25) is 19.6 Å². The second-order valence-electron chi connectivity index (χ2n) is 5.41. The van der Waals surface area contributed by atoms with Gasteiger partial charge in [-0.1, -0.05) is 0 Å². The zero-order valence-electron chi connectivity index (χ0n) is 11.7. The molecule has 3 heterocycles.